The maximum Gasteiger partial charge on any atom is 0.226 e. The molecule has 1 aromatic rings. The van der Waals surface area contributed by atoms with Crippen molar-refractivity contribution in [3.8, 4) is 0 Å². The monoisotopic (exact) mass is 220 g/mol. The number of nitrogens with zero attached hydrogens (tertiary/aromatic N) is 3. The maximum absolute atomic E-state index is 4.54. The predicted molar refractivity (Wildman–Crippen MR) is 65.8 cm³/mol. The summed E-state index contributed by atoms with van der Waals surface area (Å²) in [6.07, 6.45) is 2.47. The summed E-state index contributed by atoms with van der Waals surface area (Å²) < 4.78 is 0. The number of nitrogens with one attached hydrogen (secondary N) is 1. The summed E-state index contributed by atoms with van der Waals surface area (Å²) in [6, 6.07) is 2.57. The van der Waals surface area contributed by atoms with E-state index in [4.69, 9.17) is 0 Å². The third kappa shape index (κ3) is 2.32. The molecule has 1 aliphatic rings. The fraction of sp³-hybridized carbons (Fsp3) is 0.667. The normalized spacial score (nSPS) is 20.4. The van der Waals surface area contributed by atoms with E-state index >= 15 is 0 Å². The van der Waals surface area contributed by atoms with Crippen LogP contribution in [-0.2, 0) is 0 Å². The number of aromatic nitrogens is 2. The van der Waals surface area contributed by atoms with Gasteiger partial charge in [-0.05, 0) is 39.8 Å². The topological polar surface area (TPSA) is 41.0 Å². The Morgan fingerprint density at radius 3 is 2.69 bits per heavy atom. The Balaban J connectivity index is 2.21. The summed E-state index contributed by atoms with van der Waals surface area (Å²) in [5, 5.41) is 3.24. The van der Waals surface area contributed by atoms with Gasteiger partial charge in [0.1, 0.15) is 0 Å². The van der Waals surface area contributed by atoms with E-state index in [1.165, 1.54) is 12.8 Å². The summed E-state index contributed by atoms with van der Waals surface area (Å²) in [5.74, 6) is 0.898. The highest BCUT2D eigenvalue weighted by Gasteiger charge is 2.26. The van der Waals surface area contributed by atoms with Crippen LogP contribution in [-0.4, -0.2) is 36.1 Å². The molecule has 0 spiro atoms. The van der Waals surface area contributed by atoms with Crippen molar-refractivity contribution < 1.29 is 0 Å². The first-order chi connectivity index (χ1) is 7.70. The quantitative estimate of drug-likeness (QED) is 0.833. The highest BCUT2D eigenvalue weighted by molar-refractivity contribution is 5.35. The molecule has 1 aromatic heterocycles. The van der Waals surface area contributed by atoms with Crippen LogP contribution in [0.5, 0.6) is 0 Å². The van der Waals surface area contributed by atoms with Gasteiger partial charge in [-0.1, -0.05) is 0 Å². The first-order valence-electron chi connectivity index (χ1n) is 5.94. The molecule has 1 aliphatic heterocycles. The van der Waals surface area contributed by atoms with E-state index < -0.39 is 0 Å². The molecule has 1 fully saturated rings. The van der Waals surface area contributed by atoms with Crippen LogP contribution >= 0.6 is 0 Å². The van der Waals surface area contributed by atoms with Gasteiger partial charge in [0.15, 0.2) is 0 Å². The van der Waals surface area contributed by atoms with E-state index in [1.54, 1.807) is 0 Å². The number of rotatable bonds is 3. The first-order valence-corrected chi connectivity index (χ1v) is 5.94. The fourth-order valence-electron chi connectivity index (χ4n) is 2.38. The Morgan fingerprint density at radius 2 is 2.06 bits per heavy atom. The van der Waals surface area contributed by atoms with Gasteiger partial charge in [0.2, 0.25) is 5.95 Å². The second-order valence-corrected chi connectivity index (χ2v) is 4.50. The maximum atomic E-state index is 4.54. The van der Waals surface area contributed by atoms with E-state index in [0.717, 1.165) is 30.4 Å². The minimum absolute atomic E-state index is 0.547. The number of anilines is 1. The molecular weight excluding hydrogens is 200 g/mol. The van der Waals surface area contributed by atoms with Crippen molar-refractivity contribution >= 4 is 5.95 Å². The SMILES string of the molecule is CNCC1CCCN1c1nc(C)cc(C)n1. The molecule has 0 aliphatic carbocycles. The summed E-state index contributed by atoms with van der Waals surface area (Å²) in [7, 11) is 2.00. The van der Waals surface area contributed by atoms with Gasteiger partial charge in [-0.25, -0.2) is 9.97 Å². The van der Waals surface area contributed by atoms with Crippen LogP contribution in [0.1, 0.15) is 24.2 Å². The van der Waals surface area contributed by atoms with Crippen molar-refractivity contribution in [2.24, 2.45) is 0 Å². The standard InChI is InChI=1S/C12H20N4/c1-9-7-10(2)15-12(14-9)16-6-4-5-11(16)8-13-3/h7,11,13H,4-6,8H2,1-3H3. The predicted octanol–water partition coefficient (Wildman–Crippen LogP) is 1.28. The molecule has 1 atom stereocenters. The van der Waals surface area contributed by atoms with Gasteiger partial charge >= 0.3 is 0 Å². The molecule has 1 unspecified atom stereocenters. The lowest BCUT2D eigenvalue weighted by molar-refractivity contribution is 0.606. The molecule has 2 heterocycles. The molecule has 0 radical (unpaired) electrons. The van der Waals surface area contributed by atoms with Crippen molar-refractivity contribution in [3.05, 3.63) is 17.5 Å². The zero-order chi connectivity index (χ0) is 11.5. The van der Waals surface area contributed by atoms with Crippen LogP contribution in [0.4, 0.5) is 5.95 Å². The molecule has 1 saturated heterocycles. The highest BCUT2D eigenvalue weighted by atomic mass is 15.3. The molecule has 4 heteroatoms. The third-order valence-corrected chi connectivity index (χ3v) is 3.04. The van der Waals surface area contributed by atoms with E-state index in [9.17, 15) is 0 Å². The van der Waals surface area contributed by atoms with E-state index in [2.05, 4.69) is 20.2 Å². The Morgan fingerprint density at radius 1 is 1.38 bits per heavy atom. The largest absolute Gasteiger partial charge is 0.337 e. The molecule has 0 amide bonds. The first kappa shape index (κ1) is 11.3. The number of likely N-dealkylation sites (N-methyl/N-ethyl adjacent to an activating group) is 1. The zero-order valence-corrected chi connectivity index (χ0v) is 10.3. The van der Waals surface area contributed by atoms with Crippen molar-refractivity contribution in [1.82, 2.24) is 15.3 Å². The van der Waals surface area contributed by atoms with Gasteiger partial charge < -0.3 is 10.2 Å². The summed E-state index contributed by atoms with van der Waals surface area (Å²) in [4.78, 5) is 11.4. The van der Waals surface area contributed by atoms with Crippen molar-refractivity contribution in [1.29, 1.82) is 0 Å². The van der Waals surface area contributed by atoms with Gasteiger partial charge in [0.05, 0.1) is 0 Å². The second kappa shape index (κ2) is 4.78. The molecule has 16 heavy (non-hydrogen) atoms. The Kier molecular flexibility index (Phi) is 3.39. The zero-order valence-electron chi connectivity index (χ0n) is 10.3. The minimum Gasteiger partial charge on any atom is -0.337 e. The smallest absolute Gasteiger partial charge is 0.226 e. The van der Waals surface area contributed by atoms with Crippen LogP contribution in [0.15, 0.2) is 6.07 Å². The van der Waals surface area contributed by atoms with Crippen LogP contribution < -0.4 is 10.2 Å². The van der Waals surface area contributed by atoms with E-state index in [0.29, 0.717) is 6.04 Å². The molecule has 88 valence electrons. The average molecular weight is 220 g/mol. The fourth-order valence-corrected chi connectivity index (χ4v) is 2.38. The summed E-state index contributed by atoms with van der Waals surface area (Å²) in [6.45, 7) is 6.15. The Labute approximate surface area is 97.1 Å². The molecule has 0 saturated carbocycles. The molecule has 4 nitrogen and oxygen atoms in total. The Hall–Kier alpha value is -1.16. The van der Waals surface area contributed by atoms with Crippen molar-refractivity contribution in [2.45, 2.75) is 32.7 Å². The van der Waals surface area contributed by atoms with Crippen LogP contribution in [0.25, 0.3) is 0 Å². The van der Waals surface area contributed by atoms with Gasteiger partial charge in [0, 0.05) is 30.5 Å². The summed E-state index contributed by atoms with van der Waals surface area (Å²) >= 11 is 0. The van der Waals surface area contributed by atoms with Gasteiger partial charge in [-0.3, -0.25) is 0 Å². The highest BCUT2D eigenvalue weighted by Crippen LogP contribution is 2.22. The van der Waals surface area contributed by atoms with Gasteiger partial charge in [-0.2, -0.15) is 0 Å². The van der Waals surface area contributed by atoms with Crippen LogP contribution in [0, 0.1) is 13.8 Å². The van der Waals surface area contributed by atoms with E-state index in [-0.39, 0.29) is 0 Å². The lowest BCUT2D eigenvalue weighted by Gasteiger charge is -2.24. The number of aryl methyl sites for hydroxylation is 2. The summed E-state index contributed by atoms with van der Waals surface area (Å²) in [5.41, 5.74) is 2.11. The van der Waals surface area contributed by atoms with Crippen molar-refractivity contribution in [2.75, 3.05) is 25.0 Å². The third-order valence-electron chi connectivity index (χ3n) is 3.04. The van der Waals surface area contributed by atoms with Crippen LogP contribution in [0.3, 0.4) is 0 Å². The van der Waals surface area contributed by atoms with Crippen LogP contribution in [0.2, 0.25) is 0 Å². The second-order valence-electron chi connectivity index (χ2n) is 4.50. The van der Waals surface area contributed by atoms with Gasteiger partial charge in [-0.15, -0.1) is 0 Å². The number of hydrogen-bond donors (Lipinski definition) is 1. The lowest BCUT2D eigenvalue weighted by atomic mass is 10.2. The average Bonchev–Trinajstić information content (AvgIpc) is 2.65. The molecular formula is C12H20N4. The minimum atomic E-state index is 0.547. The molecule has 0 bridgehead atoms. The molecule has 2 rings (SSSR count). The molecule has 0 aromatic carbocycles. The Bertz CT molecular complexity index is 344. The number of hydrogen-bond acceptors (Lipinski definition) is 4. The van der Waals surface area contributed by atoms with Crippen molar-refractivity contribution in [3.63, 3.8) is 0 Å². The van der Waals surface area contributed by atoms with Gasteiger partial charge in [0.25, 0.3) is 0 Å². The molecule has 1 N–H and O–H groups in total. The van der Waals surface area contributed by atoms with E-state index in [1.807, 2.05) is 27.0 Å². The lowest BCUT2D eigenvalue weighted by Crippen LogP contribution is -2.37.